The van der Waals surface area contributed by atoms with Crippen LogP contribution in [-0.2, 0) is 14.8 Å². The van der Waals surface area contributed by atoms with Gasteiger partial charge in [-0.3, -0.25) is 9.10 Å². The van der Waals surface area contributed by atoms with Crippen LogP contribution in [0.4, 0.5) is 5.69 Å². The van der Waals surface area contributed by atoms with E-state index < -0.39 is 22.5 Å². The summed E-state index contributed by atoms with van der Waals surface area (Å²) in [5, 5.41) is 4.51. The van der Waals surface area contributed by atoms with Crippen molar-refractivity contribution in [3.8, 4) is 5.69 Å². The number of benzene rings is 3. The Morgan fingerprint density at radius 1 is 0.973 bits per heavy atom. The van der Waals surface area contributed by atoms with Gasteiger partial charge in [-0.15, -0.1) is 0 Å². The van der Waals surface area contributed by atoms with Gasteiger partial charge >= 0.3 is 0 Å². The Balaban J connectivity index is 1.57. The van der Waals surface area contributed by atoms with E-state index in [4.69, 9.17) is 23.2 Å². The van der Waals surface area contributed by atoms with Gasteiger partial charge in [0.05, 0.1) is 21.8 Å². The second-order valence-corrected chi connectivity index (χ2v) is 10.9. The Morgan fingerprint density at radius 2 is 1.62 bits per heavy atom. The molecule has 0 aliphatic carbocycles. The highest BCUT2D eigenvalue weighted by atomic mass is 35.5. The average Bonchev–Trinajstić information content (AvgIpc) is 3.16. The van der Waals surface area contributed by atoms with E-state index in [1.807, 2.05) is 50.2 Å². The Hall–Kier alpha value is -3.59. The quantitative estimate of drug-likeness (QED) is 0.222. The Labute approximate surface area is 226 Å². The highest BCUT2D eigenvalue weighted by Crippen LogP contribution is 2.32. The predicted molar refractivity (Wildman–Crippen MR) is 148 cm³/mol. The molecule has 0 bridgehead atoms. The van der Waals surface area contributed by atoms with Gasteiger partial charge in [0.15, 0.2) is 0 Å². The molecule has 0 saturated carbocycles. The van der Waals surface area contributed by atoms with Crippen molar-refractivity contribution in [1.29, 1.82) is 0 Å². The summed E-state index contributed by atoms with van der Waals surface area (Å²) in [7, 11) is -4.11. The van der Waals surface area contributed by atoms with Gasteiger partial charge in [-0.1, -0.05) is 59.6 Å². The molecule has 1 amide bonds. The van der Waals surface area contributed by atoms with Gasteiger partial charge in [-0.25, -0.2) is 13.8 Å². The third-order valence-corrected chi connectivity index (χ3v) is 7.99. The highest BCUT2D eigenvalue weighted by molar-refractivity contribution is 7.92. The van der Waals surface area contributed by atoms with Crippen LogP contribution in [0.5, 0.6) is 0 Å². The lowest BCUT2D eigenvalue weighted by molar-refractivity contribution is -0.119. The summed E-state index contributed by atoms with van der Waals surface area (Å²) in [6.45, 7) is 3.40. The molecule has 1 N–H and O–H groups in total. The van der Waals surface area contributed by atoms with E-state index in [2.05, 4.69) is 15.1 Å². The molecule has 0 atom stereocenters. The lowest BCUT2D eigenvalue weighted by atomic mass is 10.2. The maximum atomic E-state index is 13.4. The summed E-state index contributed by atoms with van der Waals surface area (Å²) in [5.74, 6) is -0.640. The van der Waals surface area contributed by atoms with Crippen molar-refractivity contribution in [3.05, 3.63) is 112 Å². The lowest BCUT2D eigenvalue weighted by Crippen LogP contribution is -2.39. The number of nitrogens with zero attached hydrogens (tertiary/aromatic N) is 3. The van der Waals surface area contributed by atoms with Gasteiger partial charge in [-0.2, -0.15) is 5.10 Å². The molecule has 190 valence electrons. The normalized spacial score (nSPS) is 11.6. The van der Waals surface area contributed by atoms with Crippen molar-refractivity contribution in [1.82, 2.24) is 9.99 Å². The molecule has 4 aromatic rings. The SMILES string of the molecule is Cc1cc(/C=N/NC(=O)CN(c2ccc(Cl)cc2Cl)S(=O)(=O)c2ccccc2)c(C)n1-c1ccccc1. The maximum Gasteiger partial charge on any atom is 0.264 e. The van der Waals surface area contributed by atoms with Crippen LogP contribution in [0.25, 0.3) is 5.69 Å². The second kappa shape index (κ2) is 11.2. The first-order valence-corrected chi connectivity index (χ1v) is 13.5. The lowest BCUT2D eigenvalue weighted by Gasteiger charge is -2.24. The number of carbonyl (C=O) groups excluding carboxylic acids is 1. The van der Waals surface area contributed by atoms with Crippen molar-refractivity contribution in [2.45, 2.75) is 18.7 Å². The standard InChI is InChI=1S/C27H24Cl2N4O3S/c1-19-15-21(20(2)33(19)23-9-5-3-6-10-23)17-30-31-27(34)18-32(26-14-13-22(28)16-25(26)29)37(35,36)24-11-7-4-8-12-24/h3-17H,18H2,1-2H3,(H,31,34)/b30-17+. The van der Waals surface area contributed by atoms with E-state index in [0.29, 0.717) is 5.02 Å². The summed E-state index contributed by atoms with van der Waals surface area (Å²) in [6.07, 6.45) is 1.53. The number of hydrazone groups is 1. The summed E-state index contributed by atoms with van der Waals surface area (Å²) < 4.78 is 29.9. The molecule has 37 heavy (non-hydrogen) atoms. The number of anilines is 1. The zero-order valence-electron chi connectivity index (χ0n) is 20.1. The van der Waals surface area contributed by atoms with Gasteiger partial charge in [0.1, 0.15) is 6.54 Å². The van der Waals surface area contributed by atoms with E-state index in [1.165, 1.54) is 36.5 Å². The molecule has 7 nitrogen and oxygen atoms in total. The number of halogens is 2. The minimum absolute atomic E-state index is 0.0191. The first-order valence-electron chi connectivity index (χ1n) is 11.3. The molecular weight excluding hydrogens is 531 g/mol. The molecule has 0 unspecified atom stereocenters. The number of aromatic nitrogens is 1. The van der Waals surface area contributed by atoms with Crippen molar-refractivity contribution >= 4 is 51.0 Å². The van der Waals surface area contributed by atoms with Crippen LogP contribution in [0.15, 0.2) is 94.9 Å². The van der Waals surface area contributed by atoms with Gasteiger partial charge in [0, 0.05) is 27.7 Å². The Kier molecular flexibility index (Phi) is 8.02. The topological polar surface area (TPSA) is 83.8 Å². The zero-order chi connectivity index (χ0) is 26.6. The van der Waals surface area contributed by atoms with Crippen LogP contribution in [0.1, 0.15) is 17.0 Å². The number of nitrogens with one attached hydrogen (secondary N) is 1. The van der Waals surface area contributed by atoms with E-state index in [-0.39, 0.29) is 15.6 Å². The maximum absolute atomic E-state index is 13.4. The second-order valence-electron chi connectivity index (χ2n) is 8.21. The molecule has 0 fully saturated rings. The molecule has 0 saturated heterocycles. The molecule has 0 spiro atoms. The van der Waals surface area contributed by atoms with Crippen LogP contribution >= 0.6 is 23.2 Å². The number of hydrogen-bond donors (Lipinski definition) is 1. The first kappa shape index (κ1) is 26.5. The fourth-order valence-corrected chi connectivity index (χ4v) is 5.96. The van der Waals surface area contributed by atoms with E-state index in [1.54, 1.807) is 18.2 Å². The number of amides is 1. The van der Waals surface area contributed by atoms with E-state index >= 15 is 0 Å². The minimum atomic E-state index is -4.11. The molecule has 0 aliphatic rings. The van der Waals surface area contributed by atoms with Gasteiger partial charge in [0.2, 0.25) is 0 Å². The monoisotopic (exact) mass is 554 g/mol. The highest BCUT2D eigenvalue weighted by Gasteiger charge is 2.28. The van der Waals surface area contributed by atoms with E-state index in [9.17, 15) is 13.2 Å². The summed E-state index contributed by atoms with van der Waals surface area (Å²) in [4.78, 5) is 12.9. The molecule has 1 heterocycles. The molecule has 4 rings (SSSR count). The van der Waals surface area contributed by atoms with Gasteiger partial charge in [0.25, 0.3) is 15.9 Å². The van der Waals surface area contributed by atoms with Crippen molar-refractivity contribution < 1.29 is 13.2 Å². The zero-order valence-corrected chi connectivity index (χ0v) is 22.4. The number of para-hydroxylation sites is 1. The third kappa shape index (κ3) is 5.88. The van der Waals surface area contributed by atoms with Crippen LogP contribution in [0.3, 0.4) is 0 Å². The van der Waals surface area contributed by atoms with Crippen LogP contribution in [0.2, 0.25) is 10.0 Å². The number of sulfonamides is 1. The van der Waals surface area contributed by atoms with Crippen molar-refractivity contribution in [2.24, 2.45) is 5.10 Å². The Bertz CT molecular complexity index is 1550. The van der Waals surface area contributed by atoms with Crippen molar-refractivity contribution in [2.75, 3.05) is 10.8 Å². The molecule has 10 heteroatoms. The summed E-state index contributed by atoms with van der Waals surface area (Å²) >= 11 is 12.3. The fraction of sp³-hybridized carbons (Fsp3) is 0.111. The van der Waals surface area contributed by atoms with Gasteiger partial charge in [-0.05, 0) is 62.4 Å². The predicted octanol–water partition coefficient (Wildman–Crippen LogP) is 5.75. The number of rotatable bonds is 8. The van der Waals surface area contributed by atoms with Gasteiger partial charge < -0.3 is 4.57 Å². The van der Waals surface area contributed by atoms with E-state index in [0.717, 1.165) is 26.9 Å². The summed E-state index contributed by atoms with van der Waals surface area (Å²) in [6, 6.07) is 24.0. The molecule has 0 radical (unpaired) electrons. The minimum Gasteiger partial charge on any atom is -0.318 e. The van der Waals surface area contributed by atoms with Crippen molar-refractivity contribution in [3.63, 3.8) is 0 Å². The third-order valence-electron chi connectivity index (χ3n) is 5.67. The average molecular weight is 555 g/mol. The van der Waals surface area contributed by atoms with Crippen LogP contribution in [-0.4, -0.2) is 31.7 Å². The largest absolute Gasteiger partial charge is 0.318 e. The molecule has 3 aromatic carbocycles. The molecular formula is C27H24Cl2N4O3S. The fourth-order valence-electron chi connectivity index (χ4n) is 3.94. The molecule has 1 aromatic heterocycles. The number of carbonyl (C=O) groups is 1. The molecule has 0 aliphatic heterocycles. The number of hydrogen-bond acceptors (Lipinski definition) is 4. The Morgan fingerprint density at radius 3 is 2.27 bits per heavy atom. The summed E-state index contributed by atoms with van der Waals surface area (Å²) in [5.41, 5.74) is 6.34. The smallest absolute Gasteiger partial charge is 0.264 e. The van der Waals surface area contributed by atoms with Crippen LogP contribution in [0, 0.1) is 13.8 Å². The first-order chi connectivity index (χ1) is 17.7. The number of aryl methyl sites for hydroxylation is 1. The van der Waals surface area contributed by atoms with Crippen LogP contribution < -0.4 is 9.73 Å².